The van der Waals surface area contributed by atoms with Crippen LogP contribution in [0.15, 0.2) is 18.2 Å². The highest BCUT2D eigenvalue weighted by Crippen LogP contribution is 2.19. The summed E-state index contributed by atoms with van der Waals surface area (Å²) < 4.78 is 2.17. The second-order valence-electron chi connectivity index (χ2n) is 5.43. The summed E-state index contributed by atoms with van der Waals surface area (Å²) in [6, 6.07) is 6.43. The van der Waals surface area contributed by atoms with Gasteiger partial charge < -0.3 is 10.3 Å². The van der Waals surface area contributed by atoms with E-state index in [-0.39, 0.29) is 5.54 Å². The first kappa shape index (κ1) is 12.1. The maximum atomic E-state index is 6.06. The molecule has 1 heterocycles. The lowest BCUT2D eigenvalue weighted by atomic mass is 9.96. The van der Waals surface area contributed by atoms with Gasteiger partial charge in [-0.15, -0.1) is 0 Å². The summed E-state index contributed by atoms with van der Waals surface area (Å²) in [6.07, 6.45) is 1.85. The Hall–Kier alpha value is -1.35. The van der Waals surface area contributed by atoms with Crippen molar-refractivity contribution in [3.63, 3.8) is 0 Å². The van der Waals surface area contributed by atoms with Crippen LogP contribution in [0.4, 0.5) is 0 Å². The molecule has 0 unspecified atom stereocenters. The number of aromatic nitrogens is 2. The van der Waals surface area contributed by atoms with E-state index in [1.165, 1.54) is 11.1 Å². The minimum Gasteiger partial charge on any atom is -0.331 e. The summed E-state index contributed by atoms with van der Waals surface area (Å²) in [5, 5.41) is 0. The molecule has 2 N–H and O–H groups in total. The quantitative estimate of drug-likeness (QED) is 0.881. The van der Waals surface area contributed by atoms with Crippen LogP contribution in [0.1, 0.15) is 32.2 Å². The van der Waals surface area contributed by atoms with Gasteiger partial charge in [-0.2, -0.15) is 0 Å². The average Bonchev–Trinajstić information content (AvgIpc) is 2.53. The third kappa shape index (κ3) is 2.50. The van der Waals surface area contributed by atoms with E-state index in [2.05, 4.69) is 55.6 Å². The van der Waals surface area contributed by atoms with Gasteiger partial charge in [-0.3, -0.25) is 0 Å². The van der Waals surface area contributed by atoms with Crippen molar-refractivity contribution in [1.29, 1.82) is 0 Å². The molecule has 0 aliphatic rings. The fourth-order valence-corrected chi connectivity index (χ4v) is 2.24. The standard InChI is InChI=1S/C14H21N3/c1-5-13-16-11-7-6-10(9-14(2,3)15)8-12(11)17(13)4/h6-8H,5,9,15H2,1-4H3. The number of benzene rings is 1. The first-order valence-electron chi connectivity index (χ1n) is 6.14. The molecule has 3 heteroatoms. The number of fused-ring (bicyclic) bond motifs is 1. The normalized spacial score (nSPS) is 12.3. The third-order valence-corrected chi connectivity index (χ3v) is 3.01. The molecule has 1 aromatic carbocycles. The molecule has 2 rings (SSSR count). The lowest BCUT2D eigenvalue weighted by molar-refractivity contribution is 0.517. The summed E-state index contributed by atoms with van der Waals surface area (Å²) in [7, 11) is 2.07. The zero-order valence-electron chi connectivity index (χ0n) is 11.1. The minimum absolute atomic E-state index is 0.167. The van der Waals surface area contributed by atoms with Crippen molar-refractivity contribution < 1.29 is 0 Å². The van der Waals surface area contributed by atoms with E-state index in [0.717, 1.165) is 24.2 Å². The maximum Gasteiger partial charge on any atom is 0.109 e. The summed E-state index contributed by atoms with van der Waals surface area (Å²) in [4.78, 5) is 4.60. The highest BCUT2D eigenvalue weighted by atomic mass is 15.1. The van der Waals surface area contributed by atoms with E-state index in [1.807, 2.05) is 0 Å². The van der Waals surface area contributed by atoms with Crippen LogP contribution in [-0.2, 0) is 19.9 Å². The van der Waals surface area contributed by atoms with Gasteiger partial charge in [0, 0.05) is 19.0 Å². The predicted octanol–water partition coefficient (Wildman–Crippen LogP) is 2.42. The van der Waals surface area contributed by atoms with Crippen molar-refractivity contribution >= 4 is 11.0 Å². The van der Waals surface area contributed by atoms with Gasteiger partial charge in [0.2, 0.25) is 0 Å². The topological polar surface area (TPSA) is 43.8 Å². The Morgan fingerprint density at radius 3 is 2.65 bits per heavy atom. The number of nitrogens with zero attached hydrogens (tertiary/aromatic N) is 2. The van der Waals surface area contributed by atoms with Gasteiger partial charge in [-0.1, -0.05) is 13.0 Å². The Kier molecular flexibility index (Phi) is 2.96. The van der Waals surface area contributed by atoms with Crippen LogP contribution in [0.5, 0.6) is 0 Å². The molecule has 0 atom stereocenters. The third-order valence-electron chi connectivity index (χ3n) is 3.01. The monoisotopic (exact) mass is 231 g/mol. The molecule has 0 aliphatic carbocycles. The summed E-state index contributed by atoms with van der Waals surface area (Å²) in [5.41, 5.74) is 9.44. The number of aryl methyl sites for hydroxylation is 2. The molecular formula is C14H21N3. The predicted molar refractivity (Wildman–Crippen MR) is 72.1 cm³/mol. The van der Waals surface area contributed by atoms with Crippen molar-refractivity contribution in [2.24, 2.45) is 12.8 Å². The molecule has 3 nitrogen and oxygen atoms in total. The smallest absolute Gasteiger partial charge is 0.109 e. The van der Waals surface area contributed by atoms with Gasteiger partial charge in [-0.05, 0) is 38.0 Å². The zero-order chi connectivity index (χ0) is 12.6. The molecule has 0 spiro atoms. The number of imidazole rings is 1. The molecule has 0 amide bonds. The van der Waals surface area contributed by atoms with E-state index in [4.69, 9.17) is 5.73 Å². The second-order valence-corrected chi connectivity index (χ2v) is 5.43. The molecule has 0 fully saturated rings. The van der Waals surface area contributed by atoms with Gasteiger partial charge in [0.25, 0.3) is 0 Å². The molecule has 0 saturated heterocycles. The molecule has 17 heavy (non-hydrogen) atoms. The Morgan fingerprint density at radius 1 is 1.35 bits per heavy atom. The van der Waals surface area contributed by atoms with Gasteiger partial charge >= 0.3 is 0 Å². The molecule has 0 bridgehead atoms. The fourth-order valence-electron chi connectivity index (χ4n) is 2.24. The Labute approximate surface area is 103 Å². The Balaban J connectivity index is 2.46. The maximum absolute atomic E-state index is 6.06. The highest BCUT2D eigenvalue weighted by Gasteiger charge is 2.13. The van der Waals surface area contributed by atoms with Gasteiger partial charge in [0.1, 0.15) is 5.82 Å². The van der Waals surface area contributed by atoms with Crippen LogP contribution in [0, 0.1) is 0 Å². The first-order chi connectivity index (χ1) is 7.90. The van der Waals surface area contributed by atoms with Crippen LogP contribution in [-0.4, -0.2) is 15.1 Å². The van der Waals surface area contributed by atoms with Crippen LogP contribution in [0.2, 0.25) is 0 Å². The summed E-state index contributed by atoms with van der Waals surface area (Å²) >= 11 is 0. The van der Waals surface area contributed by atoms with E-state index < -0.39 is 0 Å². The summed E-state index contributed by atoms with van der Waals surface area (Å²) in [6.45, 7) is 6.24. The SMILES string of the molecule is CCc1nc2ccc(CC(C)(C)N)cc2n1C. The first-order valence-corrected chi connectivity index (χ1v) is 6.14. The summed E-state index contributed by atoms with van der Waals surface area (Å²) in [5.74, 6) is 1.13. The molecule has 0 radical (unpaired) electrons. The highest BCUT2D eigenvalue weighted by molar-refractivity contribution is 5.76. The lowest BCUT2D eigenvalue weighted by Crippen LogP contribution is -2.34. The van der Waals surface area contributed by atoms with Crippen molar-refractivity contribution in [3.05, 3.63) is 29.6 Å². The molecule has 1 aromatic heterocycles. The van der Waals surface area contributed by atoms with Crippen LogP contribution >= 0.6 is 0 Å². The fraction of sp³-hybridized carbons (Fsp3) is 0.500. The van der Waals surface area contributed by atoms with E-state index >= 15 is 0 Å². The van der Waals surface area contributed by atoms with E-state index in [0.29, 0.717) is 0 Å². The number of nitrogens with two attached hydrogens (primary N) is 1. The van der Waals surface area contributed by atoms with Crippen LogP contribution < -0.4 is 5.73 Å². The lowest BCUT2D eigenvalue weighted by Gasteiger charge is -2.18. The second kappa shape index (κ2) is 4.15. The number of hydrogen-bond acceptors (Lipinski definition) is 2. The molecule has 0 aliphatic heterocycles. The minimum atomic E-state index is -0.167. The number of hydrogen-bond donors (Lipinski definition) is 1. The molecular weight excluding hydrogens is 210 g/mol. The van der Waals surface area contributed by atoms with Gasteiger partial charge in [-0.25, -0.2) is 4.98 Å². The van der Waals surface area contributed by atoms with Crippen molar-refractivity contribution in [3.8, 4) is 0 Å². The van der Waals surface area contributed by atoms with Crippen LogP contribution in [0.3, 0.4) is 0 Å². The van der Waals surface area contributed by atoms with Gasteiger partial charge in [0.05, 0.1) is 11.0 Å². The molecule has 92 valence electrons. The average molecular weight is 231 g/mol. The molecule has 0 saturated carbocycles. The zero-order valence-corrected chi connectivity index (χ0v) is 11.1. The Morgan fingerprint density at radius 2 is 2.06 bits per heavy atom. The van der Waals surface area contributed by atoms with Crippen molar-refractivity contribution in [2.75, 3.05) is 0 Å². The largest absolute Gasteiger partial charge is 0.331 e. The van der Waals surface area contributed by atoms with E-state index in [1.54, 1.807) is 0 Å². The number of rotatable bonds is 3. The van der Waals surface area contributed by atoms with Crippen LogP contribution in [0.25, 0.3) is 11.0 Å². The Bertz CT molecular complexity index is 532. The van der Waals surface area contributed by atoms with Crippen molar-refractivity contribution in [2.45, 2.75) is 39.2 Å². The van der Waals surface area contributed by atoms with Gasteiger partial charge in [0.15, 0.2) is 0 Å². The van der Waals surface area contributed by atoms with Crippen molar-refractivity contribution in [1.82, 2.24) is 9.55 Å². The molecule has 2 aromatic rings. The van der Waals surface area contributed by atoms with E-state index in [9.17, 15) is 0 Å².